The Morgan fingerprint density at radius 2 is 2.11 bits per heavy atom. The van der Waals surface area contributed by atoms with Crippen LogP contribution in [-0.4, -0.2) is 32.5 Å². The summed E-state index contributed by atoms with van der Waals surface area (Å²) in [5.74, 6) is 0.409. The van der Waals surface area contributed by atoms with Crippen molar-refractivity contribution >= 4 is 23.6 Å². The third kappa shape index (κ3) is 4.41. The van der Waals surface area contributed by atoms with Crippen LogP contribution in [0, 0.1) is 0 Å². The van der Waals surface area contributed by atoms with Crippen LogP contribution >= 0.6 is 11.8 Å². The molecule has 0 bridgehead atoms. The van der Waals surface area contributed by atoms with Crippen molar-refractivity contribution in [2.24, 2.45) is 0 Å². The van der Waals surface area contributed by atoms with E-state index in [2.05, 4.69) is 22.4 Å². The Kier molecular flexibility index (Phi) is 6.14. The van der Waals surface area contributed by atoms with E-state index >= 15 is 0 Å². The lowest BCUT2D eigenvalue weighted by molar-refractivity contribution is -0.120. The SMILES string of the molecule is CCCCNC(=O)C(C)Sc1nnc(N)n1C(C)C. The van der Waals surface area contributed by atoms with Crippen LogP contribution < -0.4 is 11.1 Å². The molecule has 0 spiro atoms. The quantitative estimate of drug-likeness (QED) is 0.589. The smallest absolute Gasteiger partial charge is 0.233 e. The maximum Gasteiger partial charge on any atom is 0.233 e. The van der Waals surface area contributed by atoms with Crippen molar-refractivity contribution in [3.8, 4) is 0 Å². The van der Waals surface area contributed by atoms with E-state index in [0.29, 0.717) is 11.1 Å². The van der Waals surface area contributed by atoms with Crippen molar-refractivity contribution in [2.75, 3.05) is 12.3 Å². The van der Waals surface area contributed by atoms with Crippen LogP contribution in [0.2, 0.25) is 0 Å². The second kappa shape index (κ2) is 7.37. The summed E-state index contributed by atoms with van der Waals surface area (Å²) >= 11 is 1.38. The summed E-state index contributed by atoms with van der Waals surface area (Å²) in [6, 6.07) is 0.174. The van der Waals surface area contributed by atoms with Crippen molar-refractivity contribution in [3.05, 3.63) is 0 Å². The lowest BCUT2D eigenvalue weighted by atomic mass is 10.3. The monoisotopic (exact) mass is 285 g/mol. The molecule has 0 aliphatic heterocycles. The van der Waals surface area contributed by atoms with Gasteiger partial charge >= 0.3 is 0 Å². The summed E-state index contributed by atoms with van der Waals surface area (Å²) in [5.41, 5.74) is 5.77. The summed E-state index contributed by atoms with van der Waals surface area (Å²) in [6.45, 7) is 8.70. The third-order valence-electron chi connectivity index (χ3n) is 2.69. The molecular weight excluding hydrogens is 262 g/mol. The fraction of sp³-hybridized carbons (Fsp3) is 0.750. The standard InChI is InChI=1S/C12H23N5OS/c1-5-6-7-14-10(18)9(4)19-12-16-15-11(13)17(12)8(2)3/h8-9H,5-7H2,1-4H3,(H2,13,15)(H,14,18). The molecule has 19 heavy (non-hydrogen) atoms. The average molecular weight is 285 g/mol. The number of anilines is 1. The van der Waals surface area contributed by atoms with Gasteiger partial charge in [0, 0.05) is 12.6 Å². The predicted octanol–water partition coefficient (Wildman–Crippen LogP) is 1.84. The van der Waals surface area contributed by atoms with Gasteiger partial charge in [0.05, 0.1) is 5.25 Å². The van der Waals surface area contributed by atoms with Gasteiger partial charge in [-0.1, -0.05) is 25.1 Å². The number of carbonyl (C=O) groups excluding carboxylic acids is 1. The molecule has 1 aromatic heterocycles. The van der Waals surface area contributed by atoms with Gasteiger partial charge in [-0.2, -0.15) is 0 Å². The van der Waals surface area contributed by atoms with Gasteiger partial charge in [-0.05, 0) is 27.2 Å². The van der Waals surface area contributed by atoms with Gasteiger partial charge in [-0.3, -0.25) is 9.36 Å². The number of carbonyl (C=O) groups is 1. The molecule has 1 atom stereocenters. The summed E-state index contributed by atoms with van der Waals surface area (Å²) in [5, 5.41) is 11.3. The minimum atomic E-state index is -0.210. The van der Waals surface area contributed by atoms with Crippen LogP contribution in [0.4, 0.5) is 5.95 Å². The highest BCUT2D eigenvalue weighted by molar-refractivity contribution is 8.00. The number of aromatic nitrogens is 3. The van der Waals surface area contributed by atoms with Crippen LogP contribution in [0.25, 0.3) is 0 Å². The zero-order chi connectivity index (χ0) is 14.4. The Labute approximate surface area is 118 Å². The molecule has 0 saturated heterocycles. The molecule has 6 nitrogen and oxygen atoms in total. The molecule has 7 heteroatoms. The normalized spacial score (nSPS) is 12.7. The van der Waals surface area contributed by atoms with E-state index in [1.807, 2.05) is 25.3 Å². The lowest BCUT2D eigenvalue weighted by Gasteiger charge is -2.14. The second-order valence-electron chi connectivity index (χ2n) is 4.71. The molecule has 0 saturated carbocycles. The third-order valence-corrected chi connectivity index (χ3v) is 3.75. The van der Waals surface area contributed by atoms with Crippen LogP contribution in [0.15, 0.2) is 5.16 Å². The Hall–Kier alpha value is -1.24. The zero-order valence-electron chi connectivity index (χ0n) is 12.0. The molecule has 1 aromatic rings. The first kappa shape index (κ1) is 15.8. The summed E-state index contributed by atoms with van der Waals surface area (Å²) in [6.07, 6.45) is 2.07. The molecule has 1 heterocycles. The minimum absolute atomic E-state index is 0.0235. The zero-order valence-corrected chi connectivity index (χ0v) is 12.8. The fourth-order valence-corrected chi connectivity index (χ4v) is 2.61. The van der Waals surface area contributed by atoms with Gasteiger partial charge in [-0.25, -0.2) is 0 Å². The number of nitrogens with zero attached hydrogens (tertiary/aromatic N) is 3. The van der Waals surface area contributed by atoms with E-state index in [4.69, 9.17) is 5.73 Å². The predicted molar refractivity (Wildman–Crippen MR) is 78.1 cm³/mol. The maximum atomic E-state index is 11.9. The highest BCUT2D eigenvalue weighted by Crippen LogP contribution is 2.26. The number of rotatable bonds is 7. The number of hydrogen-bond donors (Lipinski definition) is 2. The first-order chi connectivity index (χ1) is 8.97. The topological polar surface area (TPSA) is 85.8 Å². The molecule has 0 radical (unpaired) electrons. The van der Waals surface area contributed by atoms with E-state index < -0.39 is 0 Å². The van der Waals surface area contributed by atoms with Crippen LogP contribution in [-0.2, 0) is 4.79 Å². The number of amides is 1. The first-order valence-electron chi connectivity index (χ1n) is 6.62. The summed E-state index contributed by atoms with van der Waals surface area (Å²) < 4.78 is 1.83. The van der Waals surface area contributed by atoms with E-state index in [9.17, 15) is 4.79 Å². The lowest BCUT2D eigenvalue weighted by Crippen LogP contribution is -2.31. The number of nitrogens with two attached hydrogens (primary N) is 1. The minimum Gasteiger partial charge on any atom is -0.368 e. The maximum absolute atomic E-state index is 11.9. The largest absolute Gasteiger partial charge is 0.368 e. The Morgan fingerprint density at radius 1 is 1.42 bits per heavy atom. The Morgan fingerprint density at radius 3 is 2.68 bits per heavy atom. The van der Waals surface area contributed by atoms with Crippen LogP contribution in [0.1, 0.15) is 46.6 Å². The number of thioether (sulfide) groups is 1. The first-order valence-corrected chi connectivity index (χ1v) is 7.50. The van der Waals surface area contributed by atoms with E-state index in [1.54, 1.807) is 0 Å². The molecule has 3 N–H and O–H groups in total. The fourth-order valence-electron chi connectivity index (χ4n) is 1.60. The Bertz CT molecular complexity index is 418. The van der Waals surface area contributed by atoms with Crippen LogP contribution in [0.3, 0.4) is 0 Å². The van der Waals surface area contributed by atoms with Gasteiger partial charge in [0.15, 0.2) is 5.16 Å². The number of nitrogens with one attached hydrogen (secondary N) is 1. The second-order valence-corrected chi connectivity index (χ2v) is 6.02. The Balaban J connectivity index is 2.61. The molecule has 1 amide bonds. The van der Waals surface area contributed by atoms with E-state index in [-0.39, 0.29) is 17.2 Å². The highest BCUT2D eigenvalue weighted by atomic mass is 32.2. The molecule has 1 unspecified atom stereocenters. The van der Waals surface area contributed by atoms with Crippen molar-refractivity contribution in [3.63, 3.8) is 0 Å². The summed E-state index contributed by atoms with van der Waals surface area (Å²) in [7, 11) is 0. The van der Waals surface area contributed by atoms with Crippen molar-refractivity contribution < 1.29 is 4.79 Å². The molecule has 0 aliphatic carbocycles. The van der Waals surface area contributed by atoms with Gasteiger partial charge in [0.2, 0.25) is 11.9 Å². The van der Waals surface area contributed by atoms with Crippen molar-refractivity contribution in [1.29, 1.82) is 0 Å². The average Bonchev–Trinajstić information content (AvgIpc) is 2.70. The van der Waals surface area contributed by atoms with Crippen molar-refractivity contribution in [1.82, 2.24) is 20.1 Å². The molecule has 0 aromatic carbocycles. The summed E-state index contributed by atoms with van der Waals surface area (Å²) in [4.78, 5) is 11.9. The molecule has 108 valence electrons. The van der Waals surface area contributed by atoms with E-state index in [0.717, 1.165) is 19.4 Å². The molecular formula is C12H23N5OS. The number of nitrogen functional groups attached to an aromatic ring is 1. The van der Waals surface area contributed by atoms with Gasteiger partial charge in [0.25, 0.3) is 0 Å². The molecule has 0 aliphatic rings. The van der Waals surface area contributed by atoms with Gasteiger partial charge < -0.3 is 11.1 Å². The van der Waals surface area contributed by atoms with Gasteiger partial charge in [-0.15, -0.1) is 10.2 Å². The van der Waals surface area contributed by atoms with Crippen LogP contribution in [0.5, 0.6) is 0 Å². The van der Waals surface area contributed by atoms with Gasteiger partial charge in [0.1, 0.15) is 0 Å². The van der Waals surface area contributed by atoms with E-state index in [1.165, 1.54) is 11.8 Å². The molecule has 0 fully saturated rings. The van der Waals surface area contributed by atoms with Crippen molar-refractivity contribution in [2.45, 2.75) is 57.0 Å². The highest BCUT2D eigenvalue weighted by Gasteiger charge is 2.20. The number of hydrogen-bond acceptors (Lipinski definition) is 5. The number of unbranched alkanes of at least 4 members (excludes halogenated alkanes) is 1. The molecule has 1 rings (SSSR count).